The fourth-order valence-electron chi connectivity index (χ4n) is 1.81. The third-order valence-electron chi connectivity index (χ3n) is 2.86. The first-order valence-corrected chi connectivity index (χ1v) is 6.14. The second kappa shape index (κ2) is 4.55. The molecule has 3 nitrogen and oxygen atoms in total. The number of carboxylic acids is 1. The Morgan fingerprint density at radius 2 is 2.25 bits per heavy atom. The molecule has 0 amide bonds. The maximum absolute atomic E-state index is 10.6. The summed E-state index contributed by atoms with van der Waals surface area (Å²) in [4.78, 5) is 10.6. The van der Waals surface area contributed by atoms with E-state index in [9.17, 15) is 4.79 Å². The van der Waals surface area contributed by atoms with E-state index >= 15 is 0 Å². The van der Waals surface area contributed by atoms with Crippen molar-refractivity contribution >= 4 is 21.9 Å². The predicted octanol–water partition coefficient (Wildman–Crippen LogP) is 2.80. The van der Waals surface area contributed by atoms with Crippen molar-refractivity contribution in [3.05, 3.63) is 33.8 Å². The van der Waals surface area contributed by atoms with Crippen LogP contribution in [0.2, 0.25) is 0 Å². The number of hydrogen-bond donors (Lipinski definition) is 2. The Morgan fingerprint density at radius 1 is 1.56 bits per heavy atom. The Labute approximate surface area is 103 Å². The first kappa shape index (κ1) is 11.6. The molecule has 0 radical (unpaired) electrons. The van der Waals surface area contributed by atoms with Gasteiger partial charge < -0.3 is 10.8 Å². The quantitative estimate of drug-likeness (QED) is 0.893. The highest BCUT2D eigenvalue weighted by atomic mass is 79.9. The van der Waals surface area contributed by atoms with Gasteiger partial charge in [-0.3, -0.25) is 4.79 Å². The molecule has 1 saturated carbocycles. The van der Waals surface area contributed by atoms with Crippen LogP contribution in [0.4, 0.5) is 0 Å². The first-order chi connectivity index (χ1) is 7.58. The molecule has 1 aliphatic rings. The zero-order chi connectivity index (χ0) is 11.7. The summed E-state index contributed by atoms with van der Waals surface area (Å²) in [6.07, 6.45) is 2.47. The molecule has 0 aliphatic heterocycles. The van der Waals surface area contributed by atoms with E-state index in [4.69, 9.17) is 10.8 Å². The molecule has 1 aromatic rings. The summed E-state index contributed by atoms with van der Waals surface area (Å²) in [7, 11) is 0. The lowest BCUT2D eigenvalue weighted by Gasteiger charge is -2.11. The average molecular weight is 284 g/mol. The van der Waals surface area contributed by atoms with Gasteiger partial charge in [0.1, 0.15) is 0 Å². The minimum absolute atomic E-state index is 0.0325. The molecular weight excluding hydrogens is 270 g/mol. The van der Waals surface area contributed by atoms with Crippen LogP contribution in [0.3, 0.4) is 0 Å². The summed E-state index contributed by atoms with van der Waals surface area (Å²) in [5.41, 5.74) is 7.99. The summed E-state index contributed by atoms with van der Waals surface area (Å²) in [6, 6.07) is 5.51. The smallest absolute Gasteiger partial charge is 0.305 e. The minimum atomic E-state index is -0.866. The molecule has 4 heteroatoms. The molecule has 1 unspecified atom stereocenters. The fourth-order valence-corrected chi connectivity index (χ4v) is 2.53. The highest BCUT2D eigenvalue weighted by Crippen LogP contribution is 2.43. The SMILES string of the molecule is NC(CC(=O)O)c1ccc(C2CC2)c(Br)c1. The molecule has 86 valence electrons. The van der Waals surface area contributed by atoms with E-state index in [1.807, 2.05) is 12.1 Å². The summed E-state index contributed by atoms with van der Waals surface area (Å²) in [5, 5.41) is 8.68. The normalized spacial score (nSPS) is 17.1. The van der Waals surface area contributed by atoms with Gasteiger partial charge in [0, 0.05) is 10.5 Å². The van der Waals surface area contributed by atoms with Crippen LogP contribution in [0.25, 0.3) is 0 Å². The van der Waals surface area contributed by atoms with E-state index in [1.54, 1.807) is 0 Å². The number of nitrogens with two attached hydrogens (primary N) is 1. The van der Waals surface area contributed by atoms with E-state index in [2.05, 4.69) is 22.0 Å². The van der Waals surface area contributed by atoms with Gasteiger partial charge in [-0.1, -0.05) is 28.1 Å². The molecule has 3 N–H and O–H groups in total. The van der Waals surface area contributed by atoms with Crippen LogP contribution in [0.15, 0.2) is 22.7 Å². The second-order valence-corrected chi connectivity index (χ2v) is 5.11. The van der Waals surface area contributed by atoms with Gasteiger partial charge in [0.05, 0.1) is 6.42 Å². The van der Waals surface area contributed by atoms with Gasteiger partial charge in [0.25, 0.3) is 0 Å². The number of aliphatic carboxylic acids is 1. The maximum Gasteiger partial charge on any atom is 0.305 e. The fraction of sp³-hybridized carbons (Fsp3) is 0.417. The van der Waals surface area contributed by atoms with E-state index in [1.165, 1.54) is 18.4 Å². The molecule has 0 heterocycles. The van der Waals surface area contributed by atoms with Crippen LogP contribution in [0.1, 0.15) is 42.3 Å². The van der Waals surface area contributed by atoms with Crippen molar-refractivity contribution in [2.75, 3.05) is 0 Å². The minimum Gasteiger partial charge on any atom is -0.481 e. The van der Waals surface area contributed by atoms with Crippen LogP contribution in [-0.2, 0) is 4.79 Å². The Morgan fingerprint density at radius 3 is 2.75 bits per heavy atom. The number of carbonyl (C=O) groups is 1. The third-order valence-corrected chi connectivity index (χ3v) is 3.55. The van der Waals surface area contributed by atoms with Gasteiger partial charge in [-0.15, -0.1) is 0 Å². The van der Waals surface area contributed by atoms with Crippen LogP contribution in [0.5, 0.6) is 0 Å². The Hall–Kier alpha value is -0.870. The van der Waals surface area contributed by atoms with E-state index in [-0.39, 0.29) is 6.42 Å². The summed E-state index contributed by atoms with van der Waals surface area (Å²) in [6.45, 7) is 0. The van der Waals surface area contributed by atoms with Gasteiger partial charge in [-0.2, -0.15) is 0 Å². The van der Waals surface area contributed by atoms with Gasteiger partial charge in [-0.25, -0.2) is 0 Å². The lowest BCUT2D eigenvalue weighted by molar-refractivity contribution is -0.137. The molecule has 0 saturated heterocycles. The predicted molar refractivity (Wildman–Crippen MR) is 65.3 cm³/mol. The lowest BCUT2D eigenvalue weighted by atomic mass is 10.0. The summed E-state index contributed by atoms with van der Waals surface area (Å²) < 4.78 is 1.05. The molecule has 1 fully saturated rings. The third kappa shape index (κ3) is 2.62. The molecule has 0 aromatic heterocycles. The molecule has 1 aliphatic carbocycles. The van der Waals surface area contributed by atoms with Crippen molar-refractivity contribution in [1.82, 2.24) is 0 Å². The van der Waals surface area contributed by atoms with E-state index in [0.29, 0.717) is 5.92 Å². The molecule has 0 spiro atoms. The van der Waals surface area contributed by atoms with Crippen LogP contribution >= 0.6 is 15.9 Å². The van der Waals surface area contributed by atoms with E-state index in [0.717, 1.165) is 10.0 Å². The molecular formula is C12H14BrNO2. The maximum atomic E-state index is 10.6. The van der Waals surface area contributed by atoms with Crippen molar-refractivity contribution in [1.29, 1.82) is 0 Å². The van der Waals surface area contributed by atoms with Gasteiger partial charge >= 0.3 is 5.97 Å². The topological polar surface area (TPSA) is 63.3 Å². The monoisotopic (exact) mass is 283 g/mol. The summed E-state index contributed by atoms with van der Waals surface area (Å²) in [5.74, 6) is -0.186. The Bertz CT molecular complexity index is 415. The zero-order valence-corrected chi connectivity index (χ0v) is 10.4. The molecule has 1 aromatic carbocycles. The number of benzene rings is 1. The largest absolute Gasteiger partial charge is 0.481 e. The highest BCUT2D eigenvalue weighted by molar-refractivity contribution is 9.10. The Kier molecular flexibility index (Phi) is 3.30. The van der Waals surface area contributed by atoms with Crippen LogP contribution < -0.4 is 5.73 Å². The number of hydrogen-bond acceptors (Lipinski definition) is 2. The van der Waals surface area contributed by atoms with Gasteiger partial charge in [0.15, 0.2) is 0 Å². The molecule has 0 bridgehead atoms. The molecule has 16 heavy (non-hydrogen) atoms. The van der Waals surface area contributed by atoms with Crippen molar-refractivity contribution in [3.63, 3.8) is 0 Å². The van der Waals surface area contributed by atoms with Crippen molar-refractivity contribution in [2.45, 2.75) is 31.2 Å². The number of halogens is 1. The van der Waals surface area contributed by atoms with Crippen LogP contribution in [0, 0.1) is 0 Å². The average Bonchev–Trinajstić information content (AvgIpc) is 3.00. The van der Waals surface area contributed by atoms with Crippen molar-refractivity contribution in [3.8, 4) is 0 Å². The molecule has 2 rings (SSSR count). The summed E-state index contributed by atoms with van der Waals surface area (Å²) >= 11 is 3.52. The standard InChI is InChI=1S/C12H14BrNO2/c13-10-5-8(11(14)6-12(15)16)3-4-9(10)7-1-2-7/h3-5,7,11H,1-2,6,14H2,(H,15,16). The van der Waals surface area contributed by atoms with Gasteiger partial charge in [0.2, 0.25) is 0 Å². The molecule has 1 atom stereocenters. The van der Waals surface area contributed by atoms with E-state index < -0.39 is 12.0 Å². The highest BCUT2D eigenvalue weighted by Gasteiger charge is 2.25. The van der Waals surface area contributed by atoms with Gasteiger partial charge in [-0.05, 0) is 36.0 Å². The number of carboxylic acid groups (broad SMARTS) is 1. The zero-order valence-electron chi connectivity index (χ0n) is 8.82. The van der Waals surface area contributed by atoms with Crippen molar-refractivity contribution in [2.24, 2.45) is 5.73 Å². The second-order valence-electron chi connectivity index (χ2n) is 4.26. The first-order valence-electron chi connectivity index (χ1n) is 5.34. The van der Waals surface area contributed by atoms with Crippen LogP contribution in [-0.4, -0.2) is 11.1 Å². The number of rotatable bonds is 4. The Balaban J connectivity index is 2.16. The van der Waals surface area contributed by atoms with Crippen molar-refractivity contribution < 1.29 is 9.90 Å². The lowest BCUT2D eigenvalue weighted by Crippen LogP contribution is -2.15.